The summed E-state index contributed by atoms with van der Waals surface area (Å²) in [6.45, 7) is 6.83. The molecule has 2 rings (SSSR count). The van der Waals surface area contributed by atoms with Gasteiger partial charge in [-0.3, -0.25) is 0 Å². The summed E-state index contributed by atoms with van der Waals surface area (Å²) in [5, 5.41) is 19.7. The molecule has 0 saturated carbocycles. The van der Waals surface area contributed by atoms with Crippen molar-refractivity contribution in [2.75, 3.05) is 29.9 Å². The fourth-order valence-electron chi connectivity index (χ4n) is 2.10. The molecule has 0 amide bonds. The van der Waals surface area contributed by atoms with E-state index < -0.39 is 0 Å². The van der Waals surface area contributed by atoms with Gasteiger partial charge in [0.1, 0.15) is 11.9 Å². The summed E-state index contributed by atoms with van der Waals surface area (Å²) in [7, 11) is 0. The predicted molar refractivity (Wildman–Crippen MR) is 84.3 cm³/mol. The maximum Gasteiger partial charge on any atom is 0.163 e. The summed E-state index contributed by atoms with van der Waals surface area (Å²) in [6, 6.07) is 13.9. The zero-order chi connectivity index (χ0) is 15.1. The van der Waals surface area contributed by atoms with Crippen LogP contribution in [0.3, 0.4) is 0 Å². The van der Waals surface area contributed by atoms with Crippen LogP contribution in [0.15, 0.2) is 36.4 Å². The highest BCUT2D eigenvalue weighted by Gasteiger charge is 2.04. The van der Waals surface area contributed by atoms with Crippen LogP contribution in [0.4, 0.5) is 11.5 Å². The molecule has 1 heterocycles. The van der Waals surface area contributed by atoms with Crippen LogP contribution in [-0.4, -0.2) is 29.8 Å². The lowest BCUT2D eigenvalue weighted by molar-refractivity contribution is 0.829. The molecule has 0 atom stereocenters. The fourth-order valence-corrected chi connectivity index (χ4v) is 2.10. The Kier molecular flexibility index (Phi) is 5.10. The van der Waals surface area contributed by atoms with Crippen molar-refractivity contribution >= 4 is 11.5 Å². The third-order valence-electron chi connectivity index (χ3n) is 3.22. The van der Waals surface area contributed by atoms with Crippen molar-refractivity contribution < 1.29 is 0 Å². The molecule has 21 heavy (non-hydrogen) atoms. The molecule has 0 radical (unpaired) electrons. The Balaban J connectivity index is 1.90. The van der Waals surface area contributed by atoms with Crippen LogP contribution in [0.2, 0.25) is 0 Å². The first-order valence-electron chi connectivity index (χ1n) is 7.02. The van der Waals surface area contributed by atoms with Crippen LogP contribution in [0.25, 0.3) is 0 Å². The van der Waals surface area contributed by atoms with Crippen molar-refractivity contribution in [2.45, 2.75) is 13.8 Å². The van der Waals surface area contributed by atoms with Crippen molar-refractivity contribution in [1.29, 1.82) is 5.26 Å². The number of likely N-dealkylation sites (N-methyl/N-ethyl adjacent to an activating group) is 1. The molecule has 0 unspecified atom stereocenters. The second-order valence-corrected chi connectivity index (χ2v) is 4.76. The molecule has 0 fully saturated rings. The number of nitrogens with zero attached hydrogens (tertiary/aromatic N) is 4. The van der Waals surface area contributed by atoms with E-state index in [1.165, 1.54) is 11.3 Å². The number of hydrogen-bond donors (Lipinski definition) is 1. The highest BCUT2D eigenvalue weighted by molar-refractivity contribution is 5.48. The second-order valence-electron chi connectivity index (χ2n) is 4.76. The average Bonchev–Trinajstić information content (AvgIpc) is 2.52. The van der Waals surface area contributed by atoms with E-state index in [-0.39, 0.29) is 0 Å². The van der Waals surface area contributed by atoms with E-state index in [0.717, 1.165) is 19.6 Å². The van der Waals surface area contributed by atoms with Gasteiger partial charge in [-0.15, -0.1) is 10.2 Å². The van der Waals surface area contributed by atoms with Gasteiger partial charge in [0, 0.05) is 25.3 Å². The van der Waals surface area contributed by atoms with Gasteiger partial charge in [-0.05, 0) is 43.7 Å². The summed E-state index contributed by atoms with van der Waals surface area (Å²) in [4.78, 5) is 2.30. The van der Waals surface area contributed by atoms with Crippen LogP contribution in [-0.2, 0) is 0 Å². The van der Waals surface area contributed by atoms with Gasteiger partial charge >= 0.3 is 0 Å². The molecule has 0 aliphatic carbocycles. The molecule has 1 aromatic carbocycles. The van der Waals surface area contributed by atoms with E-state index in [1.807, 2.05) is 6.07 Å². The van der Waals surface area contributed by atoms with Crippen LogP contribution < -0.4 is 10.2 Å². The van der Waals surface area contributed by atoms with Crippen molar-refractivity contribution in [2.24, 2.45) is 0 Å². The van der Waals surface area contributed by atoms with Crippen molar-refractivity contribution in [3.05, 3.63) is 47.7 Å². The van der Waals surface area contributed by atoms with Crippen molar-refractivity contribution in [3.63, 3.8) is 0 Å². The maximum atomic E-state index is 8.68. The van der Waals surface area contributed by atoms with Crippen LogP contribution in [0.1, 0.15) is 18.2 Å². The zero-order valence-corrected chi connectivity index (χ0v) is 12.4. The largest absolute Gasteiger partial charge is 0.370 e. The van der Waals surface area contributed by atoms with Crippen molar-refractivity contribution in [1.82, 2.24) is 10.2 Å². The minimum absolute atomic E-state index is 0.329. The normalized spacial score (nSPS) is 9.95. The summed E-state index contributed by atoms with van der Waals surface area (Å²) in [5.41, 5.74) is 2.82. The van der Waals surface area contributed by atoms with Gasteiger partial charge in [0.25, 0.3) is 0 Å². The third-order valence-corrected chi connectivity index (χ3v) is 3.22. The Morgan fingerprint density at radius 3 is 2.71 bits per heavy atom. The number of aromatic nitrogens is 2. The highest BCUT2D eigenvalue weighted by atomic mass is 15.2. The third kappa shape index (κ3) is 4.18. The molecule has 0 aliphatic heterocycles. The number of hydrogen-bond acceptors (Lipinski definition) is 5. The maximum absolute atomic E-state index is 8.68. The number of rotatable bonds is 6. The van der Waals surface area contributed by atoms with E-state index >= 15 is 0 Å². The number of anilines is 2. The first-order chi connectivity index (χ1) is 10.2. The Labute approximate surface area is 125 Å². The van der Waals surface area contributed by atoms with E-state index in [2.05, 4.69) is 58.5 Å². The molecular formula is C16H19N5. The smallest absolute Gasteiger partial charge is 0.163 e. The molecule has 2 aromatic rings. The van der Waals surface area contributed by atoms with Gasteiger partial charge in [0.05, 0.1) is 0 Å². The van der Waals surface area contributed by atoms with Gasteiger partial charge in [-0.2, -0.15) is 5.26 Å². The van der Waals surface area contributed by atoms with E-state index in [1.54, 1.807) is 12.1 Å². The molecule has 108 valence electrons. The monoisotopic (exact) mass is 281 g/mol. The van der Waals surface area contributed by atoms with Crippen LogP contribution in [0.5, 0.6) is 0 Å². The fraction of sp³-hybridized carbons (Fsp3) is 0.312. The minimum atomic E-state index is 0.329. The Morgan fingerprint density at radius 1 is 1.24 bits per heavy atom. The standard InChI is InChI=1S/C16H19N5/c1-3-21(15-6-4-5-13(2)11-15)10-9-18-16-8-7-14(12-17)19-20-16/h4-8,11H,3,9-10H2,1-2H3,(H,18,20). The minimum Gasteiger partial charge on any atom is -0.370 e. The number of benzene rings is 1. The molecule has 5 nitrogen and oxygen atoms in total. The lowest BCUT2D eigenvalue weighted by Gasteiger charge is -2.23. The molecule has 5 heteroatoms. The molecule has 0 saturated heterocycles. The lowest BCUT2D eigenvalue weighted by atomic mass is 10.2. The Morgan fingerprint density at radius 2 is 2.10 bits per heavy atom. The van der Waals surface area contributed by atoms with Gasteiger partial charge in [-0.25, -0.2) is 0 Å². The van der Waals surface area contributed by atoms with E-state index in [0.29, 0.717) is 11.5 Å². The summed E-state index contributed by atoms with van der Waals surface area (Å²) >= 11 is 0. The molecule has 0 bridgehead atoms. The molecule has 0 spiro atoms. The second kappa shape index (κ2) is 7.25. The van der Waals surface area contributed by atoms with E-state index in [4.69, 9.17) is 5.26 Å². The molecular weight excluding hydrogens is 262 g/mol. The number of nitrogens with one attached hydrogen (secondary N) is 1. The SMILES string of the molecule is CCN(CCNc1ccc(C#N)nn1)c1cccc(C)c1. The van der Waals surface area contributed by atoms with Crippen LogP contribution >= 0.6 is 0 Å². The van der Waals surface area contributed by atoms with Crippen LogP contribution in [0, 0.1) is 18.3 Å². The zero-order valence-electron chi connectivity index (χ0n) is 12.4. The first kappa shape index (κ1) is 14.8. The van der Waals surface area contributed by atoms with E-state index in [9.17, 15) is 0 Å². The average molecular weight is 281 g/mol. The summed E-state index contributed by atoms with van der Waals surface area (Å²) < 4.78 is 0. The Hall–Kier alpha value is -2.61. The summed E-state index contributed by atoms with van der Waals surface area (Å²) in [5.74, 6) is 0.689. The van der Waals surface area contributed by atoms with Gasteiger partial charge < -0.3 is 10.2 Å². The van der Waals surface area contributed by atoms with Gasteiger partial charge in [0.2, 0.25) is 0 Å². The summed E-state index contributed by atoms with van der Waals surface area (Å²) in [6.07, 6.45) is 0. The number of nitriles is 1. The first-order valence-corrected chi connectivity index (χ1v) is 7.02. The lowest BCUT2D eigenvalue weighted by Crippen LogP contribution is -2.29. The molecule has 0 aliphatic rings. The quantitative estimate of drug-likeness (QED) is 0.881. The van der Waals surface area contributed by atoms with Gasteiger partial charge in [0.15, 0.2) is 5.69 Å². The van der Waals surface area contributed by atoms with Crippen molar-refractivity contribution in [3.8, 4) is 6.07 Å². The van der Waals surface area contributed by atoms with Gasteiger partial charge in [-0.1, -0.05) is 12.1 Å². The topological polar surface area (TPSA) is 64.8 Å². The highest BCUT2D eigenvalue weighted by Crippen LogP contribution is 2.15. The number of aryl methyl sites for hydroxylation is 1. The Bertz CT molecular complexity index is 615. The molecule has 1 aromatic heterocycles. The predicted octanol–water partition coefficient (Wildman–Crippen LogP) is 2.60. The molecule has 1 N–H and O–H groups in total.